The zero-order valence-corrected chi connectivity index (χ0v) is 18.1. The summed E-state index contributed by atoms with van der Waals surface area (Å²) in [6, 6.07) is 16.2. The van der Waals surface area contributed by atoms with Crippen LogP contribution in [0.4, 0.5) is 14.5 Å². The molecule has 4 rings (SSSR count). The minimum Gasteiger partial charge on any atom is -0.369 e. The molecular weight excluding hydrogens is 416 g/mol. The van der Waals surface area contributed by atoms with Gasteiger partial charge in [-0.1, -0.05) is 6.07 Å². The Morgan fingerprint density at radius 1 is 0.935 bits per heavy atom. The Morgan fingerprint density at radius 3 is 2.13 bits per heavy atom. The van der Waals surface area contributed by atoms with Crippen LogP contribution in [0.15, 0.2) is 66.0 Å². The minimum absolute atomic E-state index is 0.0415. The molecule has 2 aromatic carbocycles. The Kier molecular flexibility index (Phi) is 6.63. The predicted molar refractivity (Wildman–Crippen MR) is 121 cm³/mol. The van der Waals surface area contributed by atoms with Gasteiger partial charge in [-0.15, -0.1) is 11.3 Å². The van der Waals surface area contributed by atoms with E-state index in [1.54, 1.807) is 11.3 Å². The van der Waals surface area contributed by atoms with Crippen molar-refractivity contribution in [1.82, 2.24) is 10.2 Å². The fraction of sp³-hybridized carbons (Fsp3) is 0.292. The van der Waals surface area contributed by atoms with E-state index in [1.807, 2.05) is 30.5 Å². The fourth-order valence-corrected chi connectivity index (χ4v) is 5.05. The maximum Gasteiger partial charge on any atom is 0.251 e. The first-order valence-electron chi connectivity index (χ1n) is 10.4. The second-order valence-corrected chi connectivity index (χ2v) is 8.71. The second-order valence-electron chi connectivity index (χ2n) is 7.73. The summed E-state index contributed by atoms with van der Waals surface area (Å²) in [4.78, 5) is 18.5. The van der Waals surface area contributed by atoms with Gasteiger partial charge in [0.25, 0.3) is 5.91 Å². The molecule has 0 unspecified atom stereocenters. The molecule has 1 aliphatic rings. The van der Waals surface area contributed by atoms with E-state index in [1.165, 1.54) is 41.3 Å². The van der Waals surface area contributed by atoms with Crippen molar-refractivity contribution >= 4 is 22.9 Å². The average molecular weight is 442 g/mol. The van der Waals surface area contributed by atoms with E-state index in [9.17, 15) is 13.6 Å². The second kappa shape index (κ2) is 9.58. The number of carbonyl (C=O) groups excluding carboxylic acids is 1. The van der Waals surface area contributed by atoms with Crippen LogP contribution in [0, 0.1) is 11.6 Å². The highest BCUT2D eigenvalue weighted by atomic mass is 32.1. The van der Waals surface area contributed by atoms with Gasteiger partial charge in [0.2, 0.25) is 0 Å². The first kappa shape index (κ1) is 21.5. The Morgan fingerprint density at radius 2 is 1.55 bits per heavy atom. The van der Waals surface area contributed by atoms with Gasteiger partial charge in [-0.3, -0.25) is 9.69 Å². The van der Waals surface area contributed by atoms with Gasteiger partial charge >= 0.3 is 0 Å². The highest BCUT2D eigenvalue weighted by molar-refractivity contribution is 7.10. The molecule has 1 amide bonds. The van der Waals surface area contributed by atoms with E-state index in [4.69, 9.17) is 0 Å². The third-order valence-electron chi connectivity index (χ3n) is 5.67. The summed E-state index contributed by atoms with van der Waals surface area (Å²) in [6.07, 6.45) is 0. The molecule has 1 aliphatic heterocycles. The lowest BCUT2D eigenvalue weighted by atomic mass is 10.0. The van der Waals surface area contributed by atoms with Crippen LogP contribution in [0.3, 0.4) is 0 Å². The molecule has 1 fully saturated rings. The highest BCUT2D eigenvalue weighted by Crippen LogP contribution is 2.30. The quantitative estimate of drug-likeness (QED) is 0.602. The number of rotatable bonds is 6. The summed E-state index contributed by atoms with van der Waals surface area (Å²) in [5.74, 6) is -0.801. The van der Waals surface area contributed by atoms with Crippen molar-refractivity contribution in [3.05, 3.63) is 88.1 Å². The molecule has 0 saturated carbocycles. The number of halogens is 2. The molecule has 4 nitrogen and oxygen atoms in total. The summed E-state index contributed by atoms with van der Waals surface area (Å²) >= 11 is 1.68. The van der Waals surface area contributed by atoms with E-state index >= 15 is 0 Å². The van der Waals surface area contributed by atoms with Gasteiger partial charge in [0.05, 0.1) is 6.04 Å². The summed E-state index contributed by atoms with van der Waals surface area (Å²) in [5.41, 5.74) is 1.46. The fourth-order valence-electron chi connectivity index (χ4n) is 4.08. The van der Waals surface area contributed by atoms with Gasteiger partial charge in [-0.2, -0.15) is 0 Å². The number of nitrogens with one attached hydrogen (secondary N) is 1. The van der Waals surface area contributed by atoms with E-state index in [2.05, 4.69) is 21.2 Å². The topological polar surface area (TPSA) is 35.6 Å². The van der Waals surface area contributed by atoms with Gasteiger partial charge in [-0.25, -0.2) is 8.78 Å². The maximum absolute atomic E-state index is 13.2. The minimum atomic E-state index is -0.361. The van der Waals surface area contributed by atoms with Crippen molar-refractivity contribution in [3.63, 3.8) is 0 Å². The lowest BCUT2D eigenvalue weighted by molar-refractivity contribution is 0.0890. The molecule has 31 heavy (non-hydrogen) atoms. The third-order valence-corrected chi connectivity index (χ3v) is 6.62. The SMILES string of the molecule is C[C@H](NC(=O)c1ccc(F)cc1)[C@@H](c1cccs1)N1CCN(c2ccc(F)cc2)CC1. The zero-order chi connectivity index (χ0) is 21.8. The molecule has 1 N–H and O–H groups in total. The van der Waals surface area contributed by atoms with Crippen LogP contribution in [0.1, 0.15) is 28.2 Å². The smallest absolute Gasteiger partial charge is 0.251 e. The Bertz CT molecular complexity index is 985. The van der Waals surface area contributed by atoms with Gasteiger partial charge in [0, 0.05) is 48.3 Å². The monoisotopic (exact) mass is 441 g/mol. The number of piperazine rings is 1. The Labute approximate surface area is 185 Å². The zero-order valence-electron chi connectivity index (χ0n) is 17.3. The molecule has 7 heteroatoms. The van der Waals surface area contributed by atoms with E-state index in [0.29, 0.717) is 5.56 Å². The Hall–Kier alpha value is -2.77. The van der Waals surface area contributed by atoms with Crippen molar-refractivity contribution in [2.75, 3.05) is 31.1 Å². The first-order valence-corrected chi connectivity index (χ1v) is 11.2. The summed E-state index contributed by atoms with van der Waals surface area (Å²) in [7, 11) is 0. The third kappa shape index (κ3) is 5.11. The number of carbonyl (C=O) groups is 1. The lowest BCUT2D eigenvalue weighted by Gasteiger charge is -2.42. The van der Waals surface area contributed by atoms with Crippen molar-refractivity contribution in [3.8, 4) is 0 Å². The van der Waals surface area contributed by atoms with E-state index in [-0.39, 0.29) is 29.6 Å². The summed E-state index contributed by atoms with van der Waals surface area (Å²) < 4.78 is 26.4. The van der Waals surface area contributed by atoms with Crippen LogP contribution in [-0.4, -0.2) is 43.0 Å². The molecule has 1 aromatic heterocycles. The standard InChI is InChI=1S/C24H25F2N3OS/c1-17(27-24(30)18-4-6-19(25)7-5-18)23(22-3-2-16-31-22)29-14-12-28(13-15-29)21-10-8-20(26)9-11-21/h2-11,16-17,23H,12-15H2,1H3,(H,27,30)/t17-,23-/m0/s1. The molecule has 0 aliphatic carbocycles. The largest absolute Gasteiger partial charge is 0.369 e. The molecule has 0 spiro atoms. The number of hydrogen-bond acceptors (Lipinski definition) is 4. The molecule has 2 heterocycles. The molecular formula is C24H25F2N3OS. The molecule has 3 aromatic rings. The van der Waals surface area contributed by atoms with Gasteiger partial charge in [0.15, 0.2) is 0 Å². The van der Waals surface area contributed by atoms with Crippen LogP contribution in [0.25, 0.3) is 0 Å². The normalized spacial score (nSPS) is 16.7. The van der Waals surface area contributed by atoms with Crippen molar-refractivity contribution in [2.45, 2.75) is 19.0 Å². The van der Waals surface area contributed by atoms with Crippen molar-refractivity contribution in [2.24, 2.45) is 0 Å². The van der Waals surface area contributed by atoms with E-state index < -0.39 is 0 Å². The highest BCUT2D eigenvalue weighted by Gasteiger charge is 2.31. The van der Waals surface area contributed by atoms with Gasteiger partial charge < -0.3 is 10.2 Å². The average Bonchev–Trinajstić information content (AvgIpc) is 3.30. The molecule has 0 bridgehead atoms. The number of amides is 1. The van der Waals surface area contributed by atoms with Crippen LogP contribution in [-0.2, 0) is 0 Å². The van der Waals surface area contributed by atoms with Gasteiger partial charge in [0.1, 0.15) is 11.6 Å². The van der Waals surface area contributed by atoms with E-state index in [0.717, 1.165) is 31.9 Å². The lowest BCUT2D eigenvalue weighted by Crippen LogP contribution is -2.52. The Balaban J connectivity index is 1.45. The van der Waals surface area contributed by atoms with Crippen LogP contribution in [0.2, 0.25) is 0 Å². The number of thiophene rings is 1. The number of hydrogen-bond donors (Lipinski definition) is 1. The molecule has 1 saturated heterocycles. The van der Waals surface area contributed by atoms with Gasteiger partial charge in [-0.05, 0) is 66.9 Å². The first-order chi connectivity index (χ1) is 15.0. The number of nitrogens with zero attached hydrogens (tertiary/aromatic N) is 2. The predicted octanol–water partition coefficient (Wildman–Crippen LogP) is 4.71. The van der Waals surface area contributed by atoms with Crippen LogP contribution >= 0.6 is 11.3 Å². The molecule has 162 valence electrons. The van der Waals surface area contributed by atoms with Crippen LogP contribution < -0.4 is 10.2 Å². The number of benzene rings is 2. The van der Waals surface area contributed by atoms with Crippen LogP contribution in [0.5, 0.6) is 0 Å². The summed E-state index contributed by atoms with van der Waals surface area (Å²) in [5, 5.41) is 5.15. The summed E-state index contributed by atoms with van der Waals surface area (Å²) in [6.45, 7) is 5.32. The van der Waals surface area contributed by atoms with Crippen molar-refractivity contribution < 1.29 is 13.6 Å². The van der Waals surface area contributed by atoms with Crippen molar-refractivity contribution in [1.29, 1.82) is 0 Å². The molecule has 0 radical (unpaired) electrons. The molecule has 2 atom stereocenters. The maximum atomic E-state index is 13.2. The number of anilines is 1.